The zero-order chi connectivity index (χ0) is 13.4. The van der Waals surface area contributed by atoms with Crippen molar-refractivity contribution in [3.05, 3.63) is 10.5 Å². The van der Waals surface area contributed by atoms with Crippen LogP contribution < -0.4 is 24.0 Å². The van der Waals surface area contributed by atoms with Crippen molar-refractivity contribution >= 4 is 15.8 Å². The first-order valence-corrected chi connectivity index (χ1v) is 10.1. The zero-order valence-electron chi connectivity index (χ0n) is 12.7. The molecule has 0 bridgehead atoms. The smallest absolute Gasteiger partial charge is 1.00 e. The Morgan fingerprint density at radius 2 is 0.722 bits per heavy atom. The van der Waals surface area contributed by atoms with Gasteiger partial charge in [-0.1, -0.05) is 41.5 Å². The second kappa shape index (κ2) is 31.2. The summed E-state index contributed by atoms with van der Waals surface area (Å²) in [6, 6.07) is 0. The molecule has 0 aromatic rings. The van der Waals surface area contributed by atoms with Crippen molar-refractivity contribution in [2.45, 2.75) is 41.5 Å². The zero-order valence-corrected chi connectivity index (χ0v) is 17.6. The summed E-state index contributed by atoms with van der Waals surface area (Å²) in [6.07, 6.45) is 8.51. The van der Waals surface area contributed by atoms with Gasteiger partial charge in [0.1, 0.15) is 0 Å². The Hall–Kier alpha value is 1.68. The van der Waals surface area contributed by atoms with Gasteiger partial charge in [-0.25, -0.2) is 0 Å². The third-order valence-electron chi connectivity index (χ3n) is 2.68. The summed E-state index contributed by atoms with van der Waals surface area (Å²) in [5.74, 6) is 0. The van der Waals surface area contributed by atoms with E-state index in [1.54, 1.807) is 0 Å². The average molecular weight is 452 g/mol. The fraction of sp³-hybridized carbons (Fsp3) is 1.00. The van der Waals surface area contributed by atoms with Crippen molar-refractivity contribution in [1.82, 2.24) is 0 Å². The molecule has 0 saturated heterocycles. The van der Waals surface area contributed by atoms with Crippen LogP contribution >= 0.6 is 15.8 Å². The fourth-order valence-electron chi connectivity index (χ4n) is 1.34. The van der Waals surface area contributed by atoms with Gasteiger partial charge in [0.05, 0.1) is 0 Å². The maximum absolute atomic E-state index is 7.25. The molecule has 0 spiro atoms. The van der Waals surface area contributed by atoms with Gasteiger partial charge < -0.3 is 34.5 Å². The second-order valence-electron chi connectivity index (χ2n) is 3.24. The summed E-state index contributed by atoms with van der Waals surface area (Å²) in [5.41, 5.74) is 5.75. The molecule has 0 aromatic heterocycles. The van der Waals surface area contributed by atoms with Gasteiger partial charge in [-0.05, 0) is 37.0 Å². The third kappa shape index (κ3) is 26.3. The Morgan fingerprint density at radius 3 is 0.722 bits per heavy atom. The molecule has 0 aliphatic rings. The van der Waals surface area contributed by atoms with E-state index in [2.05, 4.69) is 41.5 Å². The molecule has 0 aromatic carbocycles. The third-order valence-corrected chi connectivity index (χ3v) is 8.05. The first kappa shape index (κ1) is 31.9. The SMILES string of the molecule is CCP(CC)CC.CCP(CC)CC.[I-].[N-]=O.[Ni+2]. The van der Waals surface area contributed by atoms with Crippen molar-refractivity contribution in [2.24, 2.45) is 0 Å². The molecule has 0 aliphatic carbocycles. The summed E-state index contributed by atoms with van der Waals surface area (Å²) in [4.78, 5) is 7.25. The molecule has 0 heterocycles. The Balaban J connectivity index is -0.0000000500. The molecule has 0 fully saturated rings. The summed E-state index contributed by atoms with van der Waals surface area (Å²) in [6.45, 7) is 13.7. The quantitative estimate of drug-likeness (QED) is 0.347. The van der Waals surface area contributed by atoms with Crippen LogP contribution in [0.1, 0.15) is 41.5 Å². The van der Waals surface area contributed by atoms with Gasteiger partial charge in [0.2, 0.25) is 0 Å². The van der Waals surface area contributed by atoms with Crippen LogP contribution in [-0.2, 0) is 16.5 Å². The Labute approximate surface area is 144 Å². The number of halogens is 1. The minimum atomic E-state index is 0. The van der Waals surface area contributed by atoms with E-state index in [1.165, 1.54) is 37.0 Å². The number of hydrogen-bond acceptors (Lipinski definition) is 1. The summed E-state index contributed by atoms with van der Waals surface area (Å²) in [5, 5.41) is 0. The molecule has 116 valence electrons. The van der Waals surface area contributed by atoms with E-state index in [0.29, 0.717) is 15.8 Å². The van der Waals surface area contributed by atoms with Crippen LogP contribution in [0.2, 0.25) is 0 Å². The van der Waals surface area contributed by atoms with Crippen LogP contribution in [0.25, 0.3) is 5.59 Å². The van der Waals surface area contributed by atoms with E-state index >= 15 is 0 Å². The Bertz CT molecular complexity index is 95.2. The van der Waals surface area contributed by atoms with Crippen LogP contribution in [0.3, 0.4) is 0 Å². The van der Waals surface area contributed by atoms with E-state index in [9.17, 15) is 0 Å². The van der Waals surface area contributed by atoms with Crippen LogP contribution in [0.5, 0.6) is 0 Å². The van der Waals surface area contributed by atoms with Crippen LogP contribution in [-0.4, -0.2) is 37.0 Å². The maximum Gasteiger partial charge on any atom is 2.00 e. The molecule has 6 heteroatoms. The van der Waals surface area contributed by atoms with Crippen LogP contribution in [0, 0.1) is 4.91 Å². The summed E-state index contributed by atoms with van der Waals surface area (Å²) in [7, 11) is 0.892. The number of nitroso groups, excluding NO2 is 1. The predicted octanol–water partition coefficient (Wildman–Crippen LogP) is 2.38. The van der Waals surface area contributed by atoms with Gasteiger partial charge in [-0.3, -0.25) is 0 Å². The number of nitrogens with zero attached hydrogens (tertiary/aromatic N) is 1. The second-order valence-corrected chi connectivity index (χ2v) is 9.72. The van der Waals surface area contributed by atoms with Crippen molar-refractivity contribution in [3.8, 4) is 0 Å². The molecule has 2 nitrogen and oxygen atoms in total. The largest absolute Gasteiger partial charge is 2.00 e. The standard InChI is InChI=1S/2C6H15P.HI.NO.Ni/c2*1-4-7(5-2)6-3;;1-2;/h2*4-6H2,1-3H3;1H;;/q;;;-1;+2/p-1. The molecule has 0 aliphatic heterocycles. The van der Waals surface area contributed by atoms with Crippen LogP contribution in [0.4, 0.5) is 0 Å². The van der Waals surface area contributed by atoms with Gasteiger partial charge in [0, 0.05) is 0 Å². The van der Waals surface area contributed by atoms with Gasteiger partial charge in [-0.15, -0.1) is 15.8 Å². The van der Waals surface area contributed by atoms with E-state index in [1.807, 2.05) is 0 Å². The minimum absolute atomic E-state index is 0. The topological polar surface area (TPSA) is 39.4 Å². The maximum atomic E-state index is 7.25. The van der Waals surface area contributed by atoms with Crippen LogP contribution in [0.15, 0.2) is 0 Å². The predicted molar refractivity (Wildman–Crippen MR) is 83.8 cm³/mol. The van der Waals surface area contributed by atoms with Gasteiger partial charge >= 0.3 is 16.5 Å². The van der Waals surface area contributed by atoms with E-state index in [0.717, 1.165) is 0 Å². The van der Waals surface area contributed by atoms with Crippen molar-refractivity contribution in [3.63, 3.8) is 0 Å². The first-order chi connectivity index (χ1) is 7.69. The molecule has 0 saturated carbocycles. The fourth-order valence-corrected chi connectivity index (χ4v) is 4.02. The van der Waals surface area contributed by atoms with E-state index in [4.69, 9.17) is 10.5 Å². The molecular weight excluding hydrogens is 422 g/mol. The van der Waals surface area contributed by atoms with Crippen molar-refractivity contribution < 1.29 is 40.5 Å². The number of rotatable bonds is 6. The van der Waals surface area contributed by atoms with Gasteiger partial charge in [-0.2, -0.15) is 0 Å². The summed E-state index contributed by atoms with van der Waals surface area (Å²) >= 11 is 0. The average Bonchev–Trinajstić information content (AvgIpc) is 2.37. The molecule has 0 rings (SSSR count). The minimum Gasteiger partial charge on any atom is -1.00 e. The Kier molecular flexibility index (Phi) is 55.2. The van der Waals surface area contributed by atoms with E-state index in [-0.39, 0.29) is 40.5 Å². The molecule has 0 N–H and O–H groups in total. The molecular formula is C12H30INNiOP2. The first-order valence-electron chi connectivity index (χ1n) is 6.32. The van der Waals surface area contributed by atoms with Crippen molar-refractivity contribution in [1.29, 1.82) is 0 Å². The van der Waals surface area contributed by atoms with Gasteiger partial charge in [0.25, 0.3) is 0 Å². The molecule has 0 amide bonds. The van der Waals surface area contributed by atoms with Gasteiger partial charge in [0.15, 0.2) is 0 Å². The van der Waals surface area contributed by atoms with Crippen molar-refractivity contribution in [2.75, 3.05) is 37.0 Å². The molecule has 0 unspecified atom stereocenters. The normalized spacial score (nSPS) is 8.22. The van der Waals surface area contributed by atoms with E-state index < -0.39 is 0 Å². The molecule has 0 atom stereocenters. The molecule has 18 heavy (non-hydrogen) atoms. The monoisotopic (exact) mass is 451 g/mol. The molecule has 0 radical (unpaired) electrons. The number of hydrogen-bond donors (Lipinski definition) is 0. The Morgan fingerprint density at radius 1 is 0.611 bits per heavy atom. The summed E-state index contributed by atoms with van der Waals surface area (Å²) < 4.78 is 0.